The van der Waals surface area contributed by atoms with Crippen LogP contribution in [0.25, 0.3) is 5.52 Å². The van der Waals surface area contributed by atoms with Crippen LogP contribution in [0.4, 0.5) is 22.9 Å². The Kier molecular flexibility index (Phi) is 8.25. The second-order valence-electron chi connectivity index (χ2n) is 10.9. The number of ether oxygens (including phenoxy) is 1. The Bertz CT molecular complexity index is 1810. The van der Waals surface area contributed by atoms with Gasteiger partial charge in [-0.2, -0.15) is 5.10 Å². The fourth-order valence-electron chi connectivity index (χ4n) is 5.41. The maximum Gasteiger partial charge on any atom is 0.255 e. The first-order chi connectivity index (χ1) is 21.4. The van der Waals surface area contributed by atoms with Gasteiger partial charge in [0.15, 0.2) is 5.82 Å². The molecule has 10 nitrogen and oxygen atoms in total. The maximum atomic E-state index is 13.3. The molecule has 5 aromatic rings. The van der Waals surface area contributed by atoms with Crippen LogP contribution in [0.15, 0.2) is 85.3 Å². The molecule has 1 aliphatic heterocycles. The van der Waals surface area contributed by atoms with Crippen molar-refractivity contribution >= 4 is 40.2 Å². The molecule has 1 unspecified atom stereocenters. The Morgan fingerprint density at radius 1 is 0.932 bits per heavy atom. The van der Waals surface area contributed by atoms with Crippen LogP contribution < -0.4 is 20.9 Å². The van der Waals surface area contributed by atoms with E-state index in [1.54, 1.807) is 16.8 Å². The fourth-order valence-corrected chi connectivity index (χ4v) is 5.41. The summed E-state index contributed by atoms with van der Waals surface area (Å²) in [6.07, 6.45) is 3.16. The summed E-state index contributed by atoms with van der Waals surface area (Å²) in [6, 6.07) is 23.0. The normalized spacial score (nSPS) is 13.8. The molecule has 224 valence electrons. The largest absolute Gasteiger partial charge is 0.378 e. The average molecular weight is 590 g/mol. The van der Waals surface area contributed by atoms with Crippen LogP contribution in [-0.2, 0) is 4.74 Å². The summed E-state index contributed by atoms with van der Waals surface area (Å²) in [6.45, 7) is 8.83. The molecule has 3 N–H and O–H groups in total. The minimum absolute atomic E-state index is 0.159. The summed E-state index contributed by atoms with van der Waals surface area (Å²) >= 11 is 0. The lowest BCUT2D eigenvalue weighted by molar-refractivity contribution is 0.0938. The smallest absolute Gasteiger partial charge is 0.255 e. The number of benzene rings is 3. The van der Waals surface area contributed by atoms with Crippen molar-refractivity contribution in [1.82, 2.24) is 19.9 Å². The number of nitrogens with one attached hydrogen (secondary N) is 3. The first-order valence-corrected chi connectivity index (χ1v) is 14.7. The Balaban J connectivity index is 1.21. The molecule has 3 aromatic carbocycles. The van der Waals surface area contributed by atoms with E-state index in [1.165, 1.54) is 6.33 Å². The van der Waals surface area contributed by atoms with E-state index in [-0.39, 0.29) is 17.9 Å². The molecule has 6 rings (SSSR count). The predicted molar refractivity (Wildman–Crippen MR) is 172 cm³/mol. The number of anilines is 4. The summed E-state index contributed by atoms with van der Waals surface area (Å²) in [7, 11) is 0. The van der Waals surface area contributed by atoms with Gasteiger partial charge in [0.2, 0.25) is 0 Å². The van der Waals surface area contributed by atoms with E-state index < -0.39 is 0 Å². The van der Waals surface area contributed by atoms with Crippen LogP contribution >= 0.6 is 0 Å². The molecule has 2 amide bonds. The standard InChI is InChI=1S/C34H35N7O3/c1-22-12-13-26(33(42)38-27-10-7-11-28(19-27)40-14-16-44-17-15-40)18-30(22)39-32-31-23(2)29(20-41(31)36-21-35-32)34(43)37-24(3)25-8-5-4-6-9-25/h4-13,18-21,24H,14-17H2,1-3H3,(H,37,43)(H,38,42)(H,35,36,39). The van der Waals surface area contributed by atoms with Crippen molar-refractivity contribution < 1.29 is 14.3 Å². The third kappa shape index (κ3) is 6.11. The molecule has 2 aromatic heterocycles. The van der Waals surface area contributed by atoms with Crippen LogP contribution in [-0.4, -0.2) is 52.7 Å². The Labute approximate surface area is 256 Å². The van der Waals surface area contributed by atoms with Gasteiger partial charge in [-0.25, -0.2) is 9.50 Å². The van der Waals surface area contributed by atoms with Crippen molar-refractivity contribution in [3.8, 4) is 0 Å². The highest BCUT2D eigenvalue weighted by molar-refractivity contribution is 6.05. The molecular weight excluding hydrogens is 554 g/mol. The molecule has 44 heavy (non-hydrogen) atoms. The highest BCUT2D eigenvalue weighted by Crippen LogP contribution is 2.28. The topological polar surface area (TPSA) is 113 Å². The average Bonchev–Trinajstić information content (AvgIpc) is 3.40. The number of hydrogen-bond acceptors (Lipinski definition) is 7. The molecule has 0 saturated carbocycles. The first kappa shape index (κ1) is 28.9. The summed E-state index contributed by atoms with van der Waals surface area (Å²) < 4.78 is 7.12. The number of morpholine rings is 1. The minimum Gasteiger partial charge on any atom is -0.378 e. The molecular formula is C34H35N7O3. The van der Waals surface area contributed by atoms with Gasteiger partial charge in [0.25, 0.3) is 11.8 Å². The SMILES string of the molecule is Cc1ccc(C(=O)Nc2cccc(N3CCOCC3)c2)cc1Nc1ncnn2cc(C(=O)NC(C)c3ccccc3)c(C)c12. The zero-order valence-electron chi connectivity index (χ0n) is 25.0. The van der Waals surface area contributed by atoms with Crippen LogP contribution in [0, 0.1) is 13.8 Å². The van der Waals surface area contributed by atoms with Crippen molar-refractivity contribution in [3.05, 3.63) is 113 Å². The number of aryl methyl sites for hydroxylation is 2. The molecule has 1 aliphatic rings. The van der Waals surface area contributed by atoms with Gasteiger partial charge in [0.1, 0.15) is 11.8 Å². The van der Waals surface area contributed by atoms with Gasteiger partial charge in [0.05, 0.1) is 24.8 Å². The number of aromatic nitrogens is 3. The van der Waals surface area contributed by atoms with Crippen molar-refractivity contribution in [1.29, 1.82) is 0 Å². The molecule has 1 fully saturated rings. The van der Waals surface area contributed by atoms with Crippen molar-refractivity contribution in [2.24, 2.45) is 0 Å². The van der Waals surface area contributed by atoms with Crippen molar-refractivity contribution in [3.63, 3.8) is 0 Å². The van der Waals surface area contributed by atoms with Gasteiger partial charge >= 0.3 is 0 Å². The number of amides is 2. The van der Waals surface area contributed by atoms with Crippen LogP contribution in [0.2, 0.25) is 0 Å². The third-order valence-electron chi connectivity index (χ3n) is 7.95. The van der Waals surface area contributed by atoms with E-state index >= 15 is 0 Å². The van der Waals surface area contributed by atoms with Crippen LogP contribution in [0.5, 0.6) is 0 Å². The Morgan fingerprint density at radius 3 is 2.52 bits per heavy atom. The van der Waals surface area contributed by atoms with E-state index in [0.717, 1.165) is 46.8 Å². The van der Waals surface area contributed by atoms with Gasteiger partial charge < -0.3 is 25.6 Å². The summed E-state index contributed by atoms with van der Waals surface area (Å²) in [5.41, 5.74) is 6.90. The summed E-state index contributed by atoms with van der Waals surface area (Å²) in [5, 5.41) is 13.8. The second-order valence-corrected chi connectivity index (χ2v) is 10.9. The Hall–Kier alpha value is -5.22. The molecule has 0 radical (unpaired) electrons. The van der Waals surface area contributed by atoms with Crippen molar-refractivity contribution in [2.45, 2.75) is 26.8 Å². The van der Waals surface area contributed by atoms with Crippen LogP contribution in [0.3, 0.4) is 0 Å². The van der Waals surface area contributed by atoms with E-state index in [9.17, 15) is 9.59 Å². The summed E-state index contributed by atoms with van der Waals surface area (Å²) in [5.74, 6) is 0.125. The zero-order valence-corrected chi connectivity index (χ0v) is 25.0. The molecule has 1 saturated heterocycles. The number of fused-ring (bicyclic) bond motifs is 1. The monoisotopic (exact) mass is 589 g/mol. The zero-order chi connectivity index (χ0) is 30.6. The number of carbonyl (C=O) groups is 2. The molecule has 0 aliphatic carbocycles. The third-order valence-corrected chi connectivity index (χ3v) is 7.95. The lowest BCUT2D eigenvalue weighted by Crippen LogP contribution is -2.36. The number of hydrogen-bond donors (Lipinski definition) is 3. The van der Waals surface area contributed by atoms with Gasteiger partial charge in [-0.3, -0.25) is 9.59 Å². The fraction of sp³-hybridized carbons (Fsp3) is 0.235. The molecule has 0 bridgehead atoms. The quantitative estimate of drug-likeness (QED) is 0.214. The minimum atomic E-state index is -0.217. The number of carbonyl (C=O) groups excluding carboxylic acids is 2. The van der Waals surface area contributed by atoms with E-state index in [2.05, 4.69) is 30.9 Å². The molecule has 3 heterocycles. The van der Waals surface area contributed by atoms with E-state index in [0.29, 0.717) is 35.7 Å². The molecule has 1 atom stereocenters. The van der Waals surface area contributed by atoms with Crippen LogP contribution in [0.1, 0.15) is 50.4 Å². The first-order valence-electron chi connectivity index (χ1n) is 14.7. The van der Waals surface area contributed by atoms with E-state index in [4.69, 9.17) is 4.74 Å². The second kappa shape index (κ2) is 12.6. The predicted octanol–water partition coefficient (Wildman–Crippen LogP) is 5.67. The van der Waals surface area contributed by atoms with Crippen molar-refractivity contribution in [2.75, 3.05) is 41.8 Å². The molecule has 10 heteroatoms. The van der Waals surface area contributed by atoms with Gasteiger partial charge in [0, 0.05) is 41.9 Å². The maximum absolute atomic E-state index is 13.3. The summed E-state index contributed by atoms with van der Waals surface area (Å²) in [4.78, 5) is 33.3. The van der Waals surface area contributed by atoms with Gasteiger partial charge in [-0.05, 0) is 67.8 Å². The highest BCUT2D eigenvalue weighted by Gasteiger charge is 2.20. The number of nitrogens with zero attached hydrogens (tertiary/aromatic N) is 4. The van der Waals surface area contributed by atoms with Gasteiger partial charge in [-0.1, -0.05) is 42.5 Å². The molecule has 0 spiro atoms. The lowest BCUT2D eigenvalue weighted by Gasteiger charge is -2.29. The highest BCUT2D eigenvalue weighted by atomic mass is 16.5. The number of rotatable bonds is 8. The lowest BCUT2D eigenvalue weighted by atomic mass is 10.1. The van der Waals surface area contributed by atoms with Gasteiger partial charge in [-0.15, -0.1) is 0 Å². The van der Waals surface area contributed by atoms with E-state index in [1.807, 2.05) is 87.5 Å². The Morgan fingerprint density at radius 2 is 1.73 bits per heavy atom.